The fourth-order valence-corrected chi connectivity index (χ4v) is 1.55. The Labute approximate surface area is 106 Å². The van der Waals surface area contributed by atoms with Crippen LogP contribution in [-0.4, -0.2) is 7.11 Å². The van der Waals surface area contributed by atoms with Crippen LogP contribution in [0.2, 0.25) is 0 Å². The zero-order chi connectivity index (χ0) is 13.0. The molecule has 0 spiro atoms. The summed E-state index contributed by atoms with van der Waals surface area (Å²) < 4.78 is 18.3. The van der Waals surface area contributed by atoms with E-state index >= 15 is 0 Å². The number of ether oxygens (including phenoxy) is 1. The van der Waals surface area contributed by atoms with Gasteiger partial charge in [0, 0.05) is 5.56 Å². The number of rotatable bonds is 1. The Kier molecular flexibility index (Phi) is 3.64. The first kappa shape index (κ1) is 12.2. The van der Waals surface area contributed by atoms with Crippen LogP contribution in [0.1, 0.15) is 16.7 Å². The van der Waals surface area contributed by atoms with E-state index in [1.165, 1.54) is 17.7 Å². The average molecular weight is 240 g/mol. The predicted molar refractivity (Wildman–Crippen MR) is 70.1 cm³/mol. The third-order valence-corrected chi connectivity index (χ3v) is 2.55. The lowest BCUT2D eigenvalue weighted by molar-refractivity contribution is 0.412. The van der Waals surface area contributed by atoms with E-state index in [9.17, 15) is 4.39 Å². The summed E-state index contributed by atoms with van der Waals surface area (Å²) in [7, 11) is 1.55. The topological polar surface area (TPSA) is 9.23 Å². The zero-order valence-corrected chi connectivity index (χ0v) is 10.3. The lowest BCUT2D eigenvalue weighted by Crippen LogP contribution is -1.88. The van der Waals surface area contributed by atoms with E-state index in [0.717, 1.165) is 5.56 Å². The van der Waals surface area contributed by atoms with Crippen molar-refractivity contribution in [3.8, 4) is 17.6 Å². The maximum atomic E-state index is 13.1. The standard InChI is InChI=1S/C16H13FO/c1-12-3-5-13(6-4-12)7-8-14-11-15(17)9-10-16(14)18-2/h3-6,9-11H,1-2H3. The third-order valence-electron chi connectivity index (χ3n) is 2.55. The van der Waals surface area contributed by atoms with E-state index in [2.05, 4.69) is 11.8 Å². The quantitative estimate of drug-likeness (QED) is 0.693. The summed E-state index contributed by atoms with van der Waals surface area (Å²) in [5.74, 6) is 6.18. The second kappa shape index (κ2) is 5.37. The fourth-order valence-electron chi connectivity index (χ4n) is 1.55. The second-order valence-electron chi connectivity index (χ2n) is 3.96. The first-order valence-electron chi connectivity index (χ1n) is 5.61. The number of hydrogen-bond acceptors (Lipinski definition) is 1. The number of aryl methyl sites for hydroxylation is 1. The van der Waals surface area contributed by atoms with Gasteiger partial charge in [-0.2, -0.15) is 0 Å². The minimum Gasteiger partial charge on any atom is -0.495 e. The van der Waals surface area contributed by atoms with Gasteiger partial charge in [0.15, 0.2) is 0 Å². The number of hydrogen-bond donors (Lipinski definition) is 0. The van der Waals surface area contributed by atoms with Gasteiger partial charge < -0.3 is 4.74 Å². The summed E-state index contributed by atoms with van der Waals surface area (Å²) in [6.45, 7) is 2.02. The van der Waals surface area contributed by atoms with Crippen molar-refractivity contribution in [2.24, 2.45) is 0 Å². The van der Waals surface area contributed by atoms with Crippen LogP contribution in [0.3, 0.4) is 0 Å². The van der Waals surface area contributed by atoms with Crippen molar-refractivity contribution in [1.82, 2.24) is 0 Å². The Morgan fingerprint density at radius 1 is 1.00 bits per heavy atom. The van der Waals surface area contributed by atoms with Crippen LogP contribution in [0.25, 0.3) is 0 Å². The summed E-state index contributed by atoms with van der Waals surface area (Å²) in [6.07, 6.45) is 0. The Bertz CT molecular complexity index is 603. The van der Waals surface area contributed by atoms with E-state index < -0.39 is 0 Å². The predicted octanol–water partition coefficient (Wildman–Crippen LogP) is 3.54. The van der Waals surface area contributed by atoms with Gasteiger partial charge in [-0.15, -0.1) is 0 Å². The molecule has 0 unspecified atom stereocenters. The van der Waals surface area contributed by atoms with Gasteiger partial charge in [-0.05, 0) is 37.3 Å². The molecule has 0 bridgehead atoms. The molecule has 2 aromatic rings. The van der Waals surface area contributed by atoms with Crippen LogP contribution in [0.5, 0.6) is 5.75 Å². The molecule has 1 nitrogen and oxygen atoms in total. The van der Waals surface area contributed by atoms with Gasteiger partial charge in [0.1, 0.15) is 11.6 Å². The molecule has 0 saturated heterocycles. The molecule has 2 rings (SSSR count). The number of benzene rings is 2. The van der Waals surface area contributed by atoms with Crippen molar-refractivity contribution < 1.29 is 9.13 Å². The van der Waals surface area contributed by atoms with Gasteiger partial charge in [-0.3, -0.25) is 0 Å². The SMILES string of the molecule is COc1ccc(F)cc1C#Cc1ccc(C)cc1. The molecule has 2 heteroatoms. The molecule has 0 heterocycles. The van der Waals surface area contributed by atoms with Crippen molar-refractivity contribution >= 4 is 0 Å². The summed E-state index contributed by atoms with van der Waals surface area (Å²) in [5, 5.41) is 0. The van der Waals surface area contributed by atoms with Crippen molar-refractivity contribution in [3.63, 3.8) is 0 Å². The minimum absolute atomic E-state index is 0.316. The molecule has 0 aromatic heterocycles. The van der Waals surface area contributed by atoms with Gasteiger partial charge in [0.05, 0.1) is 12.7 Å². The normalized spacial score (nSPS) is 9.50. The summed E-state index contributed by atoms with van der Waals surface area (Å²) in [5.41, 5.74) is 2.63. The Morgan fingerprint density at radius 3 is 2.39 bits per heavy atom. The maximum Gasteiger partial charge on any atom is 0.134 e. The smallest absolute Gasteiger partial charge is 0.134 e. The van der Waals surface area contributed by atoms with Crippen LogP contribution in [0, 0.1) is 24.6 Å². The lowest BCUT2D eigenvalue weighted by Gasteiger charge is -2.02. The van der Waals surface area contributed by atoms with Gasteiger partial charge in [0.2, 0.25) is 0 Å². The van der Waals surface area contributed by atoms with Crippen LogP contribution in [-0.2, 0) is 0 Å². The molecule has 0 N–H and O–H groups in total. The van der Waals surface area contributed by atoms with Gasteiger partial charge in [-0.25, -0.2) is 4.39 Å². The molecule has 0 aliphatic carbocycles. The van der Waals surface area contributed by atoms with Crippen molar-refractivity contribution in [3.05, 3.63) is 65.0 Å². The van der Waals surface area contributed by atoms with E-state index in [4.69, 9.17) is 4.74 Å². The molecule has 0 fully saturated rings. The summed E-state index contributed by atoms with van der Waals surface area (Å²) in [6, 6.07) is 12.2. The third kappa shape index (κ3) is 2.89. The molecule has 0 atom stereocenters. The highest BCUT2D eigenvalue weighted by molar-refractivity contribution is 5.50. The van der Waals surface area contributed by atoms with Crippen molar-refractivity contribution in [2.45, 2.75) is 6.92 Å². The Hall–Kier alpha value is -2.27. The molecule has 0 aliphatic heterocycles. The van der Waals surface area contributed by atoms with Gasteiger partial charge in [0.25, 0.3) is 0 Å². The molecule has 0 saturated carbocycles. The van der Waals surface area contributed by atoms with Crippen LogP contribution < -0.4 is 4.74 Å². The highest BCUT2D eigenvalue weighted by atomic mass is 19.1. The van der Waals surface area contributed by atoms with E-state index in [-0.39, 0.29) is 5.82 Å². The molecule has 18 heavy (non-hydrogen) atoms. The van der Waals surface area contributed by atoms with Crippen molar-refractivity contribution in [2.75, 3.05) is 7.11 Å². The monoisotopic (exact) mass is 240 g/mol. The van der Waals surface area contributed by atoms with Crippen LogP contribution in [0.4, 0.5) is 4.39 Å². The number of halogens is 1. The highest BCUT2D eigenvalue weighted by Crippen LogP contribution is 2.18. The Morgan fingerprint density at radius 2 is 1.72 bits per heavy atom. The van der Waals surface area contributed by atoms with Crippen LogP contribution in [0.15, 0.2) is 42.5 Å². The zero-order valence-electron chi connectivity index (χ0n) is 10.3. The van der Waals surface area contributed by atoms with Gasteiger partial charge in [-0.1, -0.05) is 29.5 Å². The molecule has 0 radical (unpaired) electrons. The van der Waals surface area contributed by atoms with Gasteiger partial charge >= 0.3 is 0 Å². The van der Waals surface area contributed by atoms with E-state index in [1.807, 2.05) is 31.2 Å². The fraction of sp³-hybridized carbons (Fsp3) is 0.125. The summed E-state index contributed by atoms with van der Waals surface area (Å²) >= 11 is 0. The van der Waals surface area contributed by atoms with E-state index in [0.29, 0.717) is 11.3 Å². The second-order valence-corrected chi connectivity index (χ2v) is 3.96. The average Bonchev–Trinajstić information content (AvgIpc) is 2.38. The molecular formula is C16H13FO. The highest BCUT2D eigenvalue weighted by Gasteiger charge is 2.01. The summed E-state index contributed by atoms with van der Waals surface area (Å²) in [4.78, 5) is 0. The molecule has 0 amide bonds. The van der Waals surface area contributed by atoms with E-state index in [1.54, 1.807) is 13.2 Å². The molecule has 0 aliphatic rings. The maximum absolute atomic E-state index is 13.1. The molecular weight excluding hydrogens is 227 g/mol. The first-order valence-corrected chi connectivity index (χ1v) is 5.61. The lowest BCUT2D eigenvalue weighted by atomic mass is 10.1. The molecule has 2 aromatic carbocycles. The van der Waals surface area contributed by atoms with Crippen LogP contribution >= 0.6 is 0 Å². The molecule has 90 valence electrons. The van der Waals surface area contributed by atoms with Crippen molar-refractivity contribution in [1.29, 1.82) is 0 Å². The first-order chi connectivity index (χ1) is 8.69. The number of methoxy groups -OCH3 is 1. The largest absolute Gasteiger partial charge is 0.495 e. The minimum atomic E-state index is -0.316. The Balaban J connectivity index is 2.34.